The summed E-state index contributed by atoms with van der Waals surface area (Å²) in [6.45, 7) is 1.81. The van der Waals surface area contributed by atoms with Crippen molar-refractivity contribution in [3.8, 4) is 0 Å². The van der Waals surface area contributed by atoms with E-state index in [2.05, 4.69) is 5.32 Å². The van der Waals surface area contributed by atoms with Crippen LogP contribution in [0.25, 0.3) is 0 Å². The van der Waals surface area contributed by atoms with Gasteiger partial charge in [0.05, 0.1) is 6.04 Å². The minimum Gasteiger partial charge on any atom is -0.465 e. The molecule has 4 heteroatoms. The lowest BCUT2D eigenvalue weighted by Crippen LogP contribution is -2.40. The number of Topliss-reactive ketones (excluding diaryl/α,β-unsaturated/α-hetero) is 1. The highest BCUT2D eigenvalue weighted by Crippen LogP contribution is 2.31. The normalized spacial score (nSPS) is 18.4. The molecule has 1 aliphatic rings. The Balaban J connectivity index is 2.42. The molecule has 0 aromatic rings. The van der Waals surface area contributed by atoms with Crippen molar-refractivity contribution in [3.05, 3.63) is 0 Å². The highest BCUT2D eigenvalue weighted by atomic mass is 16.4. The third kappa shape index (κ3) is 2.22. The Labute approximate surface area is 71.0 Å². The van der Waals surface area contributed by atoms with E-state index < -0.39 is 12.1 Å². The van der Waals surface area contributed by atoms with Crippen molar-refractivity contribution in [1.29, 1.82) is 0 Å². The summed E-state index contributed by atoms with van der Waals surface area (Å²) >= 11 is 0. The fraction of sp³-hybridized carbons (Fsp3) is 0.750. The predicted molar refractivity (Wildman–Crippen MR) is 43.0 cm³/mol. The van der Waals surface area contributed by atoms with Crippen molar-refractivity contribution in [2.45, 2.75) is 32.2 Å². The topological polar surface area (TPSA) is 66.4 Å². The van der Waals surface area contributed by atoms with Crippen molar-refractivity contribution in [2.24, 2.45) is 5.92 Å². The molecule has 0 heterocycles. The maximum Gasteiger partial charge on any atom is 0.405 e. The maximum absolute atomic E-state index is 11.3. The Bertz CT molecular complexity index is 198. The lowest BCUT2D eigenvalue weighted by atomic mass is 10.1. The van der Waals surface area contributed by atoms with Gasteiger partial charge in [0.15, 0.2) is 5.78 Å². The second kappa shape index (κ2) is 3.56. The van der Waals surface area contributed by atoms with Crippen LogP contribution in [0.4, 0.5) is 4.79 Å². The van der Waals surface area contributed by atoms with E-state index >= 15 is 0 Å². The van der Waals surface area contributed by atoms with Crippen molar-refractivity contribution >= 4 is 11.9 Å². The Hall–Kier alpha value is -1.06. The maximum atomic E-state index is 11.3. The van der Waals surface area contributed by atoms with Crippen molar-refractivity contribution in [3.63, 3.8) is 0 Å². The van der Waals surface area contributed by atoms with Gasteiger partial charge >= 0.3 is 6.09 Å². The van der Waals surface area contributed by atoms with Crippen molar-refractivity contribution in [1.82, 2.24) is 5.32 Å². The number of amides is 1. The summed E-state index contributed by atoms with van der Waals surface area (Å²) in [5, 5.41) is 10.6. The molecule has 1 rings (SSSR count). The molecule has 1 saturated carbocycles. The first-order chi connectivity index (χ1) is 5.65. The largest absolute Gasteiger partial charge is 0.465 e. The molecule has 1 atom stereocenters. The molecule has 12 heavy (non-hydrogen) atoms. The van der Waals surface area contributed by atoms with Gasteiger partial charge in [-0.2, -0.15) is 0 Å². The predicted octanol–water partition coefficient (Wildman–Crippen LogP) is 1.01. The fourth-order valence-corrected chi connectivity index (χ4v) is 1.18. The second-order valence-electron chi connectivity index (χ2n) is 3.09. The van der Waals surface area contributed by atoms with E-state index in [1.165, 1.54) is 0 Å². The van der Waals surface area contributed by atoms with Gasteiger partial charge in [0.25, 0.3) is 0 Å². The SMILES string of the molecule is CC[C@H](NC(=O)O)C(=O)C1CC1. The summed E-state index contributed by atoms with van der Waals surface area (Å²) in [6.07, 6.45) is 1.28. The standard InChI is InChI=1S/C8H13NO3/c1-2-6(9-8(11)12)7(10)5-3-4-5/h5-6,9H,2-4H2,1H3,(H,11,12)/t6-/m0/s1. The third-order valence-electron chi connectivity index (χ3n) is 2.03. The zero-order chi connectivity index (χ0) is 9.14. The van der Waals surface area contributed by atoms with Crippen LogP contribution >= 0.6 is 0 Å². The van der Waals surface area contributed by atoms with Crippen LogP contribution in [0.1, 0.15) is 26.2 Å². The smallest absolute Gasteiger partial charge is 0.405 e. The molecule has 0 spiro atoms. The molecular formula is C8H13NO3. The number of nitrogens with one attached hydrogen (secondary N) is 1. The number of rotatable bonds is 4. The third-order valence-corrected chi connectivity index (χ3v) is 2.03. The van der Waals surface area contributed by atoms with Crippen LogP contribution < -0.4 is 5.32 Å². The van der Waals surface area contributed by atoms with Crippen LogP contribution in [0.5, 0.6) is 0 Å². The number of hydrogen-bond donors (Lipinski definition) is 2. The van der Waals surface area contributed by atoms with E-state index in [0.717, 1.165) is 12.8 Å². The van der Waals surface area contributed by atoms with E-state index in [1.54, 1.807) is 6.92 Å². The summed E-state index contributed by atoms with van der Waals surface area (Å²) in [5.41, 5.74) is 0. The molecule has 0 saturated heterocycles. The Kier molecular flexibility index (Phi) is 2.68. The lowest BCUT2D eigenvalue weighted by Gasteiger charge is -2.12. The Morgan fingerprint density at radius 1 is 1.58 bits per heavy atom. The van der Waals surface area contributed by atoms with E-state index in [9.17, 15) is 9.59 Å². The van der Waals surface area contributed by atoms with Crippen molar-refractivity contribution in [2.75, 3.05) is 0 Å². The van der Waals surface area contributed by atoms with Crippen LogP contribution in [0.15, 0.2) is 0 Å². The average molecular weight is 171 g/mol. The highest BCUT2D eigenvalue weighted by molar-refractivity contribution is 5.90. The molecule has 0 radical (unpaired) electrons. The molecule has 4 nitrogen and oxygen atoms in total. The molecule has 0 aromatic carbocycles. The van der Waals surface area contributed by atoms with Gasteiger partial charge in [0.1, 0.15) is 0 Å². The molecule has 68 valence electrons. The quantitative estimate of drug-likeness (QED) is 0.663. The van der Waals surface area contributed by atoms with Crippen molar-refractivity contribution < 1.29 is 14.7 Å². The molecule has 0 aliphatic heterocycles. The first kappa shape index (κ1) is 9.03. The summed E-state index contributed by atoms with van der Waals surface area (Å²) in [7, 11) is 0. The summed E-state index contributed by atoms with van der Waals surface area (Å²) in [5.74, 6) is 0.182. The lowest BCUT2D eigenvalue weighted by molar-refractivity contribution is -0.122. The van der Waals surface area contributed by atoms with Gasteiger partial charge in [-0.25, -0.2) is 4.79 Å². The van der Waals surface area contributed by atoms with E-state index in [1.807, 2.05) is 0 Å². The van der Waals surface area contributed by atoms with Crippen LogP contribution in [0, 0.1) is 5.92 Å². The van der Waals surface area contributed by atoms with Gasteiger partial charge in [-0.3, -0.25) is 4.79 Å². The average Bonchev–Trinajstić information content (AvgIpc) is 2.80. The molecule has 0 aromatic heterocycles. The van der Waals surface area contributed by atoms with E-state index in [0.29, 0.717) is 6.42 Å². The van der Waals surface area contributed by atoms with Gasteiger partial charge in [-0.1, -0.05) is 6.92 Å². The van der Waals surface area contributed by atoms with Crippen LogP contribution in [-0.4, -0.2) is 23.0 Å². The molecular weight excluding hydrogens is 158 g/mol. The number of carbonyl (C=O) groups excluding carboxylic acids is 1. The number of ketones is 1. The molecule has 2 N–H and O–H groups in total. The Morgan fingerprint density at radius 2 is 2.17 bits per heavy atom. The molecule has 0 unspecified atom stereocenters. The van der Waals surface area contributed by atoms with Gasteiger partial charge in [-0.15, -0.1) is 0 Å². The zero-order valence-corrected chi connectivity index (χ0v) is 7.04. The molecule has 0 bridgehead atoms. The second-order valence-corrected chi connectivity index (χ2v) is 3.09. The minimum absolute atomic E-state index is 0.0555. The Morgan fingerprint density at radius 3 is 2.50 bits per heavy atom. The fourth-order valence-electron chi connectivity index (χ4n) is 1.18. The van der Waals surface area contributed by atoms with Gasteiger partial charge in [0.2, 0.25) is 0 Å². The first-order valence-electron chi connectivity index (χ1n) is 4.18. The number of carbonyl (C=O) groups is 2. The monoisotopic (exact) mass is 171 g/mol. The summed E-state index contributed by atoms with van der Waals surface area (Å²) in [4.78, 5) is 21.6. The summed E-state index contributed by atoms with van der Waals surface area (Å²) < 4.78 is 0. The molecule has 1 aliphatic carbocycles. The highest BCUT2D eigenvalue weighted by Gasteiger charge is 2.34. The molecule has 1 fully saturated rings. The van der Waals surface area contributed by atoms with Gasteiger partial charge < -0.3 is 10.4 Å². The van der Waals surface area contributed by atoms with E-state index in [-0.39, 0.29) is 11.7 Å². The van der Waals surface area contributed by atoms with E-state index in [4.69, 9.17) is 5.11 Å². The summed E-state index contributed by atoms with van der Waals surface area (Å²) in [6, 6.07) is -0.491. The van der Waals surface area contributed by atoms with Gasteiger partial charge in [0, 0.05) is 5.92 Å². The van der Waals surface area contributed by atoms with Crippen LogP contribution in [-0.2, 0) is 4.79 Å². The minimum atomic E-state index is -1.11. The number of hydrogen-bond acceptors (Lipinski definition) is 2. The van der Waals surface area contributed by atoms with Crippen LogP contribution in [0.3, 0.4) is 0 Å². The number of carboxylic acid groups (broad SMARTS) is 1. The molecule has 1 amide bonds. The van der Waals surface area contributed by atoms with Crippen LogP contribution in [0.2, 0.25) is 0 Å². The zero-order valence-electron chi connectivity index (χ0n) is 7.04. The van der Waals surface area contributed by atoms with Gasteiger partial charge in [-0.05, 0) is 19.3 Å². The first-order valence-corrected chi connectivity index (χ1v) is 4.18.